The lowest BCUT2D eigenvalue weighted by Crippen LogP contribution is -2.52. The fourth-order valence-electron chi connectivity index (χ4n) is 5.81. The zero-order valence-electron chi connectivity index (χ0n) is 30.5. The Labute approximate surface area is 277 Å². The Morgan fingerprint density at radius 3 is 1.78 bits per heavy atom. The van der Waals surface area contributed by atoms with Crippen molar-refractivity contribution in [3.63, 3.8) is 0 Å². The van der Waals surface area contributed by atoms with E-state index in [4.69, 9.17) is 14.5 Å². The van der Waals surface area contributed by atoms with Crippen molar-refractivity contribution in [3.8, 4) is 5.75 Å². The van der Waals surface area contributed by atoms with Crippen molar-refractivity contribution in [2.45, 2.75) is 138 Å². The molecule has 2 aromatic carbocycles. The Bertz CT molecular complexity index is 1350. The monoisotopic (exact) mass is 634 g/mol. The first kappa shape index (κ1) is 37.1. The number of phenols is 1. The number of carbonyl (C=O) groups excluding carboxylic acids is 2. The summed E-state index contributed by atoms with van der Waals surface area (Å²) in [4.78, 5) is 34.4. The van der Waals surface area contributed by atoms with Crippen LogP contribution >= 0.6 is 0 Å². The number of aromatic hydroxyl groups is 1. The van der Waals surface area contributed by atoms with Crippen molar-refractivity contribution in [2.24, 2.45) is 16.3 Å². The van der Waals surface area contributed by atoms with Crippen LogP contribution in [0.25, 0.3) is 0 Å². The summed E-state index contributed by atoms with van der Waals surface area (Å²) >= 11 is 0. The zero-order chi connectivity index (χ0) is 34.7. The summed E-state index contributed by atoms with van der Waals surface area (Å²) in [6, 6.07) is 12.3. The molecule has 0 bridgehead atoms. The molecule has 0 saturated carbocycles. The zero-order valence-corrected chi connectivity index (χ0v) is 30.5. The van der Waals surface area contributed by atoms with E-state index in [-0.39, 0.29) is 22.0 Å². The minimum Gasteiger partial charge on any atom is -0.507 e. The molecule has 0 atom stereocenters. The van der Waals surface area contributed by atoms with Gasteiger partial charge in [0, 0.05) is 38.1 Å². The third kappa shape index (κ3) is 10.1. The van der Waals surface area contributed by atoms with E-state index in [1.165, 1.54) is 5.56 Å². The van der Waals surface area contributed by atoms with Gasteiger partial charge in [0.05, 0.1) is 5.69 Å². The van der Waals surface area contributed by atoms with Gasteiger partial charge < -0.3 is 19.5 Å². The van der Waals surface area contributed by atoms with Crippen LogP contribution < -0.4 is 0 Å². The van der Waals surface area contributed by atoms with Gasteiger partial charge in [-0.3, -0.25) is 9.59 Å². The van der Waals surface area contributed by atoms with E-state index in [1.807, 2.05) is 58.6 Å². The van der Waals surface area contributed by atoms with Crippen LogP contribution in [0.4, 0.5) is 5.69 Å². The maximum atomic E-state index is 13.6. The average molecular weight is 635 g/mol. The predicted octanol–water partition coefficient (Wildman–Crippen LogP) is 9.14. The lowest BCUT2D eigenvalue weighted by Gasteiger charge is -2.36. The molecule has 46 heavy (non-hydrogen) atoms. The summed E-state index contributed by atoms with van der Waals surface area (Å²) in [5.41, 5.74) is 3.78. The van der Waals surface area contributed by atoms with E-state index in [0.29, 0.717) is 24.6 Å². The van der Waals surface area contributed by atoms with Crippen LogP contribution in [-0.4, -0.2) is 40.1 Å². The molecule has 0 unspecified atom stereocenters. The third-order valence-corrected chi connectivity index (χ3v) is 8.11. The molecule has 254 valence electrons. The summed E-state index contributed by atoms with van der Waals surface area (Å²) in [5, 5.41) is 11.4. The van der Waals surface area contributed by atoms with Crippen molar-refractivity contribution >= 4 is 23.5 Å². The van der Waals surface area contributed by atoms with E-state index >= 15 is 0 Å². The quantitative estimate of drug-likeness (QED) is 0.0922. The molecule has 1 saturated heterocycles. The Morgan fingerprint density at radius 1 is 0.826 bits per heavy atom. The molecular formula is C39H58N2O5. The number of aliphatic imine (C=N–C) groups is 1. The van der Waals surface area contributed by atoms with Crippen LogP contribution in [-0.2, 0) is 42.9 Å². The average Bonchev–Trinajstić information content (AvgIpc) is 2.88. The first-order chi connectivity index (χ1) is 21.1. The number of phenolic OH excluding ortho intramolecular Hbond substituents is 1. The molecule has 1 fully saturated rings. The number of hydrogen-bond donors (Lipinski definition) is 1. The SMILES string of the molecule is CCCCCCN(Cc1ccc(CC(C)(C)C)cc1)C(=Nc1cc(C(C)(C)C)c(O)c(C(C)(C)C)c1)C1C(=O)OC(C)(C)OC1=O. The van der Waals surface area contributed by atoms with Crippen LogP contribution in [0.2, 0.25) is 0 Å². The Kier molecular flexibility index (Phi) is 11.4. The largest absolute Gasteiger partial charge is 0.507 e. The van der Waals surface area contributed by atoms with E-state index in [0.717, 1.165) is 48.8 Å². The highest BCUT2D eigenvalue weighted by atomic mass is 16.7. The van der Waals surface area contributed by atoms with Gasteiger partial charge in [-0.15, -0.1) is 0 Å². The summed E-state index contributed by atoms with van der Waals surface area (Å²) < 4.78 is 11.3. The van der Waals surface area contributed by atoms with Gasteiger partial charge in [0.2, 0.25) is 5.92 Å². The molecule has 7 nitrogen and oxygen atoms in total. The fourth-order valence-corrected chi connectivity index (χ4v) is 5.81. The number of amidine groups is 1. The lowest BCUT2D eigenvalue weighted by atomic mass is 9.79. The van der Waals surface area contributed by atoms with Crippen LogP contribution in [0, 0.1) is 11.3 Å². The smallest absolute Gasteiger partial charge is 0.331 e. The molecule has 0 aromatic heterocycles. The molecule has 1 aliphatic rings. The van der Waals surface area contributed by atoms with E-state index < -0.39 is 23.6 Å². The number of esters is 2. The van der Waals surface area contributed by atoms with E-state index in [2.05, 4.69) is 52.0 Å². The summed E-state index contributed by atoms with van der Waals surface area (Å²) in [6.07, 6.45) is 5.02. The second kappa shape index (κ2) is 14.2. The minimum atomic E-state index is -1.36. The van der Waals surface area contributed by atoms with Crippen molar-refractivity contribution in [1.82, 2.24) is 4.90 Å². The van der Waals surface area contributed by atoms with Gasteiger partial charge in [0.25, 0.3) is 5.79 Å². The number of nitrogens with zero attached hydrogens (tertiary/aromatic N) is 2. The Hall–Kier alpha value is -3.35. The maximum absolute atomic E-state index is 13.6. The second-order valence-electron chi connectivity index (χ2n) is 16.6. The van der Waals surface area contributed by atoms with Crippen molar-refractivity contribution in [3.05, 3.63) is 58.7 Å². The van der Waals surface area contributed by atoms with Gasteiger partial charge >= 0.3 is 11.9 Å². The molecule has 1 N–H and O–H groups in total. The standard InChI is InChI=1S/C39H58N2O5/c1-13-14-15-16-21-41(25-27-19-17-26(18-20-27)24-36(2,3)4)33(31-34(43)45-39(11,12)46-35(31)44)40-28-22-29(37(5,6)7)32(42)30(23-28)38(8,9)10/h17-20,22-23,31,42H,13-16,21,24-25H2,1-12H3. The predicted molar refractivity (Wildman–Crippen MR) is 187 cm³/mol. The Morgan fingerprint density at radius 2 is 1.33 bits per heavy atom. The number of cyclic esters (lactones) is 2. The Balaban J connectivity index is 2.23. The number of hydrogen-bond acceptors (Lipinski definition) is 6. The number of carbonyl (C=O) groups is 2. The van der Waals surface area contributed by atoms with Crippen molar-refractivity contribution in [1.29, 1.82) is 0 Å². The highest BCUT2D eigenvalue weighted by Crippen LogP contribution is 2.42. The van der Waals surface area contributed by atoms with Gasteiger partial charge in [-0.05, 0) is 52.3 Å². The van der Waals surface area contributed by atoms with E-state index in [9.17, 15) is 14.7 Å². The molecule has 0 spiro atoms. The normalized spacial score (nSPS) is 16.3. The minimum absolute atomic E-state index is 0.171. The summed E-state index contributed by atoms with van der Waals surface area (Å²) in [6.45, 7) is 25.3. The van der Waals surface area contributed by atoms with Gasteiger partial charge in [-0.25, -0.2) is 4.99 Å². The summed E-state index contributed by atoms with van der Waals surface area (Å²) in [5.74, 6) is -3.52. The van der Waals surface area contributed by atoms with Crippen molar-refractivity contribution < 1.29 is 24.2 Å². The highest BCUT2D eigenvalue weighted by molar-refractivity contribution is 6.17. The molecule has 1 aliphatic heterocycles. The summed E-state index contributed by atoms with van der Waals surface area (Å²) in [7, 11) is 0. The first-order valence-corrected chi connectivity index (χ1v) is 16.9. The molecule has 0 radical (unpaired) electrons. The van der Waals surface area contributed by atoms with Crippen LogP contribution in [0.3, 0.4) is 0 Å². The van der Waals surface area contributed by atoms with Crippen LogP contribution in [0.5, 0.6) is 5.75 Å². The molecular weight excluding hydrogens is 576 g/mol. The first-order valence-electron chi connectivity index (χ1n) is 16.9. The molecule has 0 aliphatic carbocycles. The van der Waals surface area contributed by atoms with Gasteiger partial charge in [-0.2, -0.15) is 0 Å². The molecule has 3 rings (SSSR count). The molecule has 0 amide bonds. The van der Waals surface area contributed by atoms with Crippen LogP contribution in [0.15, 0.2) is 41.4 Å². The molecule has 1 heterocycles. The van der Waals surface area contributed by atoms with Gasteiger partial charge in [0.15, 0.2) is 0 Å². The maximum Gasteiger partial charge on any atom is 0.331 e. The topological polar surface area (TPSA) is 88.4 Å². The van der Waals surface area contributed by atoms with Gasteiger partial charge in [-0.1, -0.05) is 113 Å². The lowest BCUT2D eigenvalue weighted by molar-refractivity contribution is -0.236. The van der Waals surface area contributed by atoms with Crippen LogP contribution in [0.1, 0.15) is 131 Å². The number of benzene rings is 2. The highest BCUT2D eigenvalue weighted by Gasteiger charge is 2.47. The molecule has 2 aromatic rings. The number of ether oxygens (including phenoxy) is 2. The number of unbranched alkanes of at least 4 members (excludes halogenated alkanes) is 3. The fraction of sp³-hybridized carbons (Fsp3) is 0.615. The third-order valence-electron chi connectivity index (χ3n) is 8.11. The van der Waals surface area contributed by atoms with E-state index in [1.54, 1.807) is 13.8 Å². The van der Waals surface area contributed by atoms with Crippen molar-refractivity contribution in [2.75, 3.05) is 6.54 Å². The molecule has 7 heteroatoms. The number of rotatable bonds is 10. The second-order valence-corrected chi connectivity index (χ2v) is 16.6. The van der Waals surface area contributed by atoms with Gasteiger partial charge in [0.1, 0.15) is 11.6 Å².